The Labute approximate surface area is 90.8 Å². The van der Waals surface area contributed by atoms with Gasteiger partial charge < -0.3 is 20.6 Å². The van der Waals surface area contributed by atoms with Crippen molar-refractivity contribution in [3.8, 4) is 0 Å². The minimum Gasteiger partial charge on any atom is -0.382 e. The van der Waals surface area contributed by atoms with Crippen molar-refractivity contribution in [3.63, 3.8) is 0 Å². The molecule has 0 radical (unpaired) electrons. The first-order chi connectivity index (χ1) is 7.06. The number of hydrogen-bond donors (Lipinski definition) is 2. The Balaban J connectivity index is 2.46. The molecule has 1 rings (SSSR count). The minimum atomic E-state index is -1.05. The van der Waals surface area contributed by atoms with Gasteiger partial charge in [0.25, 0.3) is 5.91 Å². The number of piperidine rings is 1. The lowest BCUT2D eigenvalue weighted by Crippen LogP contribution is -2.49. The molecule has 5 heteroatoms. The second kappa shape index (κ2) is 5.44. The Bertz CT molecular complexity index is 215. The standard InChI is InChI=1S/C10H21N3O2/c1-12-5-3-8(4-6-12)13(2)10(15)9(14)7-11/h8-9,14H,3-7,11H2,1-2H3. The average molecular weight is 215 g/mol. The topological polar surface area (TPSA) is 69.8 Å². The number of nitrogens with zero attached hydrogens (tertiary/aromatic N) is 2. The van der Waals surface area contributed by atoms with Gasteiger partial charge in [0.1, 0.15) is 6.10 Å². The van der Waals surface area contributed by atoms with Gasteiger partial charge in [-0.1, -0.05) is 0 Å². The monoisotopic (exact) mass is 215 g/mol. The van der Waals surface area contributed by atoms with Crippen molar-refractivity contribution in [2.75, 3.05) is 33.7 Å². The number of rotatable bonds is 3. The number of likely N-dealkylation sites (tertiary alicyclic amines) is 1. The fourth-order valence-corrected chi connectivity index (χ4v) is 1.90. The van der Waals surface area contributed by atoms with E-state index in [1.165, 1.54) is 0 Å². The summed E-state index contributed by atoms with van der Waals surface area (Å²) in [5.41, 5.74) is 5.26. The van der Waals surface area contributed by atoms with Crippen LogP contribution in [0.3, 0.4) is 0 Å². The SMILES string of the molecule is CN1CCC(N(C)C(=O)C(O)CN)CC1. The maximum Gasteiger partial charge on any atom is 0.252 e. The molecule has 3 N–H and O–H groups in total. The van der Waals surface area contributed by atoms with E-state index in [2.05, 4.69) is 11.9 Å². The Hall–Kier alpha value is -0.650. The molecule has 15 heavy (non-hydrogen) atoms. The minimum absolute atomic E-state index is 0.00417. The summed E-state index contributed by atoms with van der Waals surface area (Å²) in [4.78, 5) is 15.5. The Kier molecular flexibility index (Phi) is 4.50. The number of nitrogens with two attached hydrogens (primary N) is 1. The highest BCUT2D eigenvalue weighted by Gasteiger charge is 2.26. The van der Waals surface area contributed by atoms with E-state index in [-0.39, 0.29) is 18.5 Å². The predicted octanol–water partition coefficient (Wildman–Crippen LogP) is -1.14. The van der Waals surface area contributed by atoms with Gasteiger partial charge in [0.05, 0.1) is 0 Å². The van der Waals surface area contributed by atoms with Crippen LogP contribution in [0, 0.1) is 0 Å². The van der Waals surface area contributed by atoms with E-state index in [0.717, 1.165) is 25.9 Å². The van der Waals surface area contributed by atoms with Crippen LogP contribution in [0.2, 0.25) is 0 Å². The number of carbonyl (C=O) groups is 1. The van der Waals surface area contributed by atoms with Crippen molar-refractivity contribution in [2.45, 2.75) is 25.0 Å². The van der Waals surface area contributed by atoms with Crippen LogP contribution in [-0.2, 0) is 4.79 Å². The zero-order valence-electron chi connectivity index (χ0n) is 9.52. The first kappa shape index (κ1) is 12.4. The van der Waals surface area contributed by atoms with Crippen LogP contribution in [0.25, 0.3) is 0 Å². The first-order valence-electron chi connectivity index (χ1n) is 5.39. The van der Waals surface area contributed by atoms with Crippen molar-refractivity contribution in [2.24, 2.45) is 5.73 Å². The molecule has 1 amide bonds. The zero-order chi connectivity index (χ0) is 11.4. The summed E-state index contributed by atoms with van der Waals surface area (Å²) in [6.07, 6.45) is 0.890. The number of amides is 1. The highest BCUT2D eigenvalue weighted by atomic mass is 16.3. The van der Waals surface area contributed by atoms with Crippen LogP contribution in [-0.4, -0.2) is 66.7 Å². The van der Waals surface area contributed by atoms with Gasteiger partial charge in [-0.15, -0.1) is 0 Å². The van der Waals surface area contributed by atoms with Gasteiger partial charge in [-0.05, 0) is 33.0 Å². The van der Waals surface area contributed by atoms with Crippen LogP contribution in [0.5, 0.6) is 0 Å². The predicted molar refractivity (Wildman–Crippen MR) is 58.4 cm³/mol. The molecule has 1 heterocycles. The van der Waals surface area contributed by atoms with Crippen LogP contribution in [0.4, 0.5) is 0 Å². The number of likely N-dealkylation sites (N-methyl/N-ethyl adjacent to an activating group) is 1. The molecule has 1 fully saturated rings. The second-order valence-corrected chi connectivity index (χ2v) is 4.24. The van der Waals surface area contributed by atoms with E-state index in [9.17, 15) is 9.90 Å². The number of hydrogen-bond acceptors (Lipinski definition) is 4. The molecule has 88 valence electrons. The molecule has 0 spiro atoms. The largest absolute Gasteiger partial charge is 0.382 e. The van der Waals surface area contributed by atoms with Gasteiger partial charge in [0.15, 0.2) is 0 Å². The summed E-state index contributed by atoms with van der Waals surface area (Å²) in [6, 6.07) is 0.245. The molecular weight excluding hydrogens is 194 g/mol. The molecule has 0 aromatic rings. The first-order valence-corrected chi connectivity index (χ1v) is 5.39. The molecule has 0 bridgehead atoms. The summed E-state index contributed by atoms with van der Waals surface area (Å²) >= 11 is 0. The van der Waals surface area contributed by atoms with Crippen LogP contribution in [0.1, 0.15) is 12.8 Å². The quantitative estimate of drug-likeness (QED) is 0.624. The smallest absolute Gasteiger partial charge is 0.252 e. The molecule has 0 aromatic carbocycles. The summed E-state index contributed by atoms with van der Waals surface area (Å²) in [6.45, 7) is 2.00. The van der Waals surface area contributed by atoms with E-state index >= 15 is 0 Å². The van der Waals surface area contributed by atoms with E-state index in [0.29, 0.717) is 0 Å². The van der Waals surface area contributed by atoms with Crippen molar-refractivity contribution in [1.29, 1.82) is 0 Å². The van der Waals surface area contributed by atoms with Gasteiger partial charge >= 0.3 is 0 Å². The van der Waals surface area contributed by atoms with Crippen molar-refractivity contribution >= 4 is 5.91 Å². The highest BCUT2D eigenvalue weighted by molar-refractivity contribution is 5.80. The van der Waals surface area contributed by atoms with E-state index in [1.807, 2.05) is 0 Å². The maximum atomic E-state index is 11.6. The molecule has 0 aromatic heterocycles. The molecule has 0 saturated carbocycles. The summed E-state index contributed by atoms with van der Waals surface area (Å²) in [7, 11) is 3.82. The summed E-state index contributed by atoms with van der Waals surface area (Å²) < 4.78 is 0. The number of aliphatic hydroxyl groups excluding tert-OH is 1. The van der Waals surface area contributed by atoms with Crippen LogP contribution >= 0.6 is 0 Å². The molecule has 1 aliphatic rings. The summed E-state index contributed by atoms with van der Waals surface area (Å²) in [5.74, 6) is -0.257. The van der Waals surface area contributed by atoms with E-state index in [4.69, 9.17) is 5.73 Å². The highest BCUT2D eigenvalue weighted by Crippen LogP contribution is 2.14. The second-order valence-electron chi connectivity index (χ2n) is 4.24. The van der Waals surface area contributed by atoms with E-state index in [1.54, 1.807) is 11.9 Å². The summed E-state index contributed by atoms with van der Waals surface area (Å²) in [5, 5.41) is 9.35. The third-order valence-corrected chi connectivity index (χ3v) is 3.09. The Morgan fingerprint density at radius 2 is 2.13 bits per heavy atom. The van der Waals surface area contributed by atoms with Crippen LogP contribution in [0.15, 0.2) is 0 Å². The Morgan fingerprint density at radius 1 is 1.60 bits per heavy atom. The molecule has 1 saturated heterocycles. The molecule has 5 nitrogen and oxygen atoms in total. The number of aliphatic hydroxyl groups is 1. The van der Waals surface area contributed by atoms with Gasteiger partial charge in [0.2, 0.25) is 0 Å². The number of carbonyl (C=O) groups excluding carboxylic acids is 1. The van der Waals surface area contributed by atoms with Gasteiger partial charge in [-0.25, -0.2) is 0 Å². The molecule has 1 aliphatic heterocycles. The third kappa shape index (κ3) is 3.15. The molecule has 1 unspecified atom stereocenters. The molecule has 1 atom stereocenters. The van der Waals surface area contributed by atoms with Gasteiger partial charge in [-0.2, -0.15) is 0 Å². The normalized spacial score (nSPS) is 21.3. The van der Waals surface area contributed by atoms with E-state index < -0.39 is 6.10 Å². The maximum absolute atomic E-state index is 11.6. The molecular formula is C10H21N3O2. The van der Waals surface area contributed by atoms with Crippen molar-refractivity contribution < 1.29 is 9.90 Å². The third-order valence-electron chi connectivity index (χ3n) is 3.09. The fourth-order valence-electron chi connectivity index (χ4n) is 1.90. The lowest BCUT2D eigenvalue weighted by molar-refractivity contribution is -0.141. The van der Waals surface area contributed by atoms with Gasteiger partial charge in [0, 0.05) is 19.6 Å². The van der Waals surface area contributed by atoms with Crippen LogP contribution < -0.4 is 5.73 Å². The lowest BCUT2D eigenvalue weighted by Gasteiger charge is -2.35. The Morgan fingerprint density at radius 3 is 2.60 bits per heavy atom. The fraction of sp³-hybridized carbons (Fsp3) is 0.900. The van der Waals surface area contributed by atoms with Gasteiger partial charge in [-0.3, -0.25) is 4.79 Å². The van der Waals surface area contributed by atoms with Crippen molar-refractivity contribution in [1.82, 2.24) is 9.80 Å². The zero-order valence-corrected chi connectivity index (χ0v) is 9.52. The van der Waals surface area contributed by atoms with Crippen molar-refractivity contribution in [3.05, 3.63) is 0 Å². The average Bonchev–Trinajstić information content (AvgIpc) is 2.27. The molecule has 0 aliphatic carbocycles. The lowest BCUT2D eigenvalue weighted by atomic mass is 10.0.